The maximum atomic E-state index is 12.5. The minimum absolute atomic E-state index is 0.133. The molecule has 5 nitrogen and oxygen atoms in total. The number of hydrogen-bond acceptors (Lipinski definition) is 3. The van der Waals surface area contributed by atoms with Crippen molar-refractivity contribution in [2.24, 2.45) is 0 Å². The predicted molar refractivity (Wildman–Crippen MR) is 70.2 cm³/mol. The summed E-state index contributed by atoms with van der Waals surface area (Å²) in [6, 6.07) is 7.75. The molecular weight excluding hydrogens is 266 g/mol. The Labute approximate surface area is 112 Å². The molecule has 1 heterocycles. The molecule has 0 aromatic heterocycles. The number of carboxylic acid groups (broad SMARTS) is 1. The first-order valence-corrected chi connectivity index (χ1v) is 7.74. The van der Waals surface area contributed by atoms with Crippen molar-refractivity contribution in [1.82, 2.24) is 4.31 Å². The summed E-state index contributed by atoms with van der Waals surface area (Å²) in [5, 5.41) is 8.90. The second kappa shape index (κ2) is 5.71. The fraction of sp³-hybridized carbons (Fsp3) is 0.462. The Morgan fingerprint density at radius 3 is 2.58 bits per heavy atom. The Morgan fingerprint density at radius 2 is 1.95 bits per heavy atom. The zero-order valence-electron chi connectivity index (χ0n) is 10.5. The third kappa shape index (κ3) is 3.13. The second-order valence-corrected chi connectivity index (χ2v) is 6.57. The highest BCUT2D eigenvalue weighted by Crippen LogP contribution is 2.26. The van der Waals surface area contributed by atoms with Crippen molar-refractivity contribution in [3.63, 3.8) is 0 Å². The van der Waals surface area contributed by atoms with E-state index < -0.39 is 22.0 Å². The van der Waals surface area contributed by atoms with E-state index in [0.29, 0.717) is 13.0 Å². The van der Waals surface area contributed by atoms with Gasteiger partial charge in [-0.2, -0.15) is 4.31 Å². The van der Waals surface area contributed by atoms with E-state index in [-0.39, 0.29) is 11.3 Å². The van der Waals surface area contributed by atoms with E-state index in [2.05, 4.69) is 0 Å². The monoisotopic (exact) mass is 283 g/mol. The number of aliphatic carboxylic acids is 1. The van der Waals surface area contributed by atoms with E-state index >= 15 is 0 Å². The van der Waals surface area contributed by atoms with E-state index in [1.807, 2.05) is 0 Å². The van der Waals surface area contributed by atoms with E-state index in [1.54, 1.807) is 30.3 Å². The molecule has 0 unspecified atom stereocenters. The minimum atomic E-state index is -3.59. The van der Waals surface area contributed by atoms with Gasteiger partial charge >= 0.3 is 5.97 Å². The van der Waals surface area contributed by atoms with Crippen LogP contribution in [-0.4, -0.2) is 36.4 Å². The second-order valence-electron chi connectivity index (χ2n) is 4.68. The highest BCUT2D eigenvalue weighted by Gasteiger charge is 2.34. The zero-order chi connectivity index (χ0) is 13.9. The lowest BCUT2D eigenvalue weighted by atomic mass is 10.0. The van der Waals surface area contributed by atoms with Crippen LogP contribution >= 0.6 is 0 Å². The van der Waals surface area contributed by atoms with Gasteiger partial charge in [0.05, 0.1) is 11.3 Å². The smallest absolute Gasteiger partial charge is 0.304 e. The normalized spacial score (nSPS) is 21.2. The van der Waals surface area contributed by atoms with Crippen LogP contribution < -0.4 is 0 Å². The molecule has 1 N–H and O–H groups in total. The summed E-state index contributed by atoms with van der Waals surface area (Å²) in [5.74, 6) is -0.958. The molecule has 1 saturated heterocycles. The quantitative estimate of drug-likeness (QED) is 0.912. The van der Waals surface area contributed by atoms with Crippen LogP contribution in [-0.2, 0) is 14.8 Å². The van der Waals surface area contributed by atoms with Crippen LogP contribution in [0.4, 0.5) is 0 Å². The van der Waals surface area contributed by atoms with Gasteiger partial charge in [0.15, 0.2) is 0 Å². The third-order valence-corrected chi connectivity index (χ3v) is 5.30. The summed E-state index contributed by atoms with van der Waals surface area (Å²) in [6.07, 6.45) is 2.13. The molecule has 0 amide bonds. The summed E-state index contributed by atoms with van der Waals surface area (Å²) in [4.78, 5) is 11.1. The van der Waals surface area contributed by atoms with E-state index in [0.717, 1.165) is 12.8 Å². The van der Waals surface area contributed by atoms with Crippen molar-refractivity contribution in [1.29, 1.82) is 0 Å². The van der Waals surface area contributed by atoms with E-state index in [9.17, 15) is 13.2 Å². The van der Waals surface area contributed by atoms with Crippen LogP contribution in [0.5, 0.6) is 0 Å². The van der Waals surface area contributed by atoms with Gasteiger partial charge in [-0.1, -0.05) is 24.6 Å². The van der Waals surface area contributed by atoms with Gasteiger partial charge in [0.2, 0.25) is 10.0 Å². The van der Waals surface area contributed by atoms with Crippen LogP contribution in [0.2, 0.25) is 0 Å². The Hall–Kier alpha value is -1.40. The summed E-state index contributed by atoms with van der Waals surface area (Å²) in [6.45, 7) is 0.398. The van der Waals surface area contributed by atoms with Crippen LogP contribution in [0.3, 0.4) is 0 Å². The molecule has 1 fully saturated rings. The Morgan fingerprint density at radius 1 is 1.26 bits per heavy atom. The van der Waals surface area contributed by atoms with Crippen LogP contribution in [0.15, 0.2) is 35.2 Å². The van der Waals surface area contributed by atoms with Crippen molar-refractivity contribution in [2.45, 2.75) is 36.6 Å². The fourth-order valence-electron chi connectivity index (χ4n) is 2.42. The average Bonchev–Trinajstić information content (AvgIpc) is 2.39. The van der Waals surface area contributed by atoms with Gasteiger partial charge in [0.25, 0.3) is 0 Å². The Bertz CT molecular complexity index is 541. The number of carboxylic acids is 1. The van der Waals surface area contributed by atoms with E-state index in [4.69, 9.17) is 5.11 Å². The molecule has 0 saturated carbocycles. The van der Waals surface area contributed by atoms with Crippen LogP contribution in [0.1, 0.15) is 25.7 Å². The van der Waals surface area contributed by atoms with Crippen molar-refractivity contribution < 1.29 is 18.3 Å². The SMILES string of the molecule is O=C(O)C[C@H]1CCCCN1S(=O)(=O)c1ccccc1. The zero-order valence-corrected chi connectivity index (χ0v) is 11.3. The standard InChI is InChI=1S/C13H17NO4S/c15-13(16)10-11-6-4-5-9-14(11)19(17,18)12-7-2-1-3-8-12/h1-3,7-8,11H,4-6,9-10H2,(H,15,16)/t11-/m1/s1. The summed E-state index contributed by atoms with van der Waals surface area (Å²) >= 11 is 0. The molecule has 19 heavy (non-hydrogen) atoms. The van der Waals surface area contributed by atoms with Crippen LogP contribution in [0, 0.1) is 0 Å². The molecule has 6 heteroatoms. The first-order valence-electron chi connectivity index (χ1n) is 6.30. The number of sulfonamides is 1. The van der Waals surface area contributed by atoms with Crippen molar-refractivity contribution in [3.8, 4) is 0 Å². The topological polar surface area (TPSA) is 74.7 Å². The Kier molecular flexibility index (Phi) is 4.21. The van der Waals surface area contributed by atoms with Crippen molar-refractivity contribution in [2.75, 3.05) is 6.54 Å². The molecule has 1 aromatic carbocycles. The first-order chi connectivity index (χ1) is 9.01. The van der Waals surface area contributed by atoms with Crippen LogP contribution in [0.25, 0.3) is 0 Å². The lowest BCUT2D eigenvalue weighted by Crippen LogP contribution is -2.44. The minimum Gasteiger partial charge on any atom is -0.481 e. The predicted octanol–water partition coefficient (Wildman–Crippen LogP) is 1.70. The number of rotatable bonds is 4. The maximum Gasteiger partial charge on any atom is 0.304 e. The van der Waals surface area contributed by atoms with Gasteiger partial charge in [0, 0.05) is 12.6 Å². The molecular formula is C13H17NO4S. The molecule has 1 aliphatic rings. The van der Waals surface area contributed by atoms with Crippen molar-refractivity contribution in [3.05, 3.63) is 30.3 Å². The molecule has 104 valence electrons. The highest BCUT2D eigenvalue weighted by molar-refractivity contribution is 7.89. The highest BCUT2D eigenvalue weighted by atomic mass is 32.2. The molecule has 1 aliphatic heterocycles. The Balaban J connectivity index is 2.29. The molecule has 0 radical (unpaired) electrons. The maximum absolute atomic E-state index is 12.5. The van der Waals surface area contributed by atoms with Gasteiger partial charge in [-0.3, -0.25) is 4.79 Å². The number of hydrogen-bond donors (Lipinski definition) is 1. The molecule has 0 spiro atoms. The largest absolute Gasteiger partial charge is 0.481 e. The fourth-order valence-corrected chi connectivity index (χ4v) is 4.14. The summed E-state index contributed by atoms with van der Waals surface area (Å²) in [7, 11) is -3.59. The summed E-state index contributed by atoms with van der Waals surface area (Å²) in [5.41, 5.74) is 0. The van der Waals surface area contributed by atoms with Gasteiger partial charge in [-0.15, -0.1) is 0 Å². The third-order valence-electron chi connectivity index (χ3n) is 3.33. The summed E-state index contributed by atoms with van der Waals surface area (Å²) < 4.78 is 26.4. The van der Waals surface area contributed by atoms with Gasteiger partial charge < -0.3 is 5.11 Å². The molecule has 0 bridgehead atoms. The van der Waals surface area contributed by atoms with Gasteiger partial charge in [-0.05, 0) is 25.0 Å². The first kappa shape index (κ1) is 14.0. The van der Waals surface area contributed by atoms with E-state index in [1.165, 1.54) is 4.31 Å². The average molecular weight is 283 g/mol. The molecule has 0 aliphatic carbocycles. The lowest BCUT2D eigenvalue weighted by Gasteiger charge is -2.33. The number of benzene rings is 1. The molecule has 2 rings (SSSR count). The molecule has 1 aromatic rings. The number of carbonyl (C=O) groups is 1. The number of piperidine rings is 1. The lowest BCUT2D eigenvalue weighted by molar-refractivity contribution is -0.138. The van der Waals surface area contributed by atoms with Gasteiger partial charge in [-0.25, -0.2) is 8.42 Å². The van der Waals surface area contributed by atoms with Crippen molar-refractivity contribution >= 4 is 16.0 Å². The molecule has 1 atom stereocenters. The number of nitrogens with zero attached hydrogens (tertiary/aromatic N) is 1. The van der Waals surface area contributed by atoms with Gasteiger partial charge in [0.1, 0.15) is 0 Å².